The monoisotopic (exact) mass is 274 g/mol. The van der Waals surface area contributed by atoms with E-state index >= 15 is 0 Å². The van der Waals surface area contributed by atoms with Crippen LogP contribution in [0, 0.1) is 6.92 Å². The first-order valence-electron chi connectivity index (χ1n) is 5.78. The van der Waals surface area contributed by atoms with Crippen LogP contribution >= 0.6 is 11.3 Å². The molecule has 18 heavy (non-hydrogen) atoms. The average Bonchev–Trinajstić information content (AvgIpc) is 2.84. The predicted octanol–water partition coefficient (Wildman–Crippen LogP) is 2.01. The molecule has 0 radical (unpaired) electrons. The Morgan fingerprint density at radius 2 is 2.39 bits per heavy atom. The summed E-state index contributed by atoms with van der Waals surface area (Å²) in [6.45, 7) is 2.05. The van der Waals surface area contributed by atoms with E-state index in [0.29, 0.717) is 6.54 Å². The molecule has 3 nitrogen and oxygen atoms in total. The molecule has 1 atom stereocenters. The van der Waals surface area contributed by atoms with Crippen molar-refractivity contribution in [2.24, 2.45) is 0 Å². The normalized spacial score (nSPS) is 22.1. The maximum Gasteiger partial charge on any atom is 0.262 e. The fraction of sp³-hybridized carbons (Fsp3) is 0.583. The van der Waals surface area contributed by atoms with Gasteiger partial charge >= 0.3 is 0 Å². The van der Waals surface area contributed by atoms with E-state index in [2.05, 4.69) is 5.32 Å². The Morgan fingerprint density at radius 1 is 1.67 bits per heavy atom. The summed E-state index contributed by atoms with van der Waals surface area (Å²) in [6, 6.07) is 1.23. The number of amides is 1. The standard InChI is InChI=1S/C12H16F2N2OS/c1-8-3-4-18-10(8)6-16(2)11(17)9-5-12(13,14)7-15-9/h3-4,9,15H,5-7H2,1-2H3. The molecule has 1 amide bonds. The van der Waals surface area contributed by atoms with Crippen molar-refractivity contribution in [2.45, 2.75) is 31.9 Å². The largest absolute Gasteiger partial charge is 0.339 e. The summed E-state index contributed by atoms with van der Waals surface area (Å²) in [6.07, 6.45) is -0.403. The van der Waals surface area contributed by atoms with Gasteiger partial charge < -0.3 is 4.90 Å². The highest BCUT2D eigenvalue weighted by molar-refractivity contribution is 7.10. The number of carbonyl (C=O) groups excluding carboxylic acids is 1. The third-order valence-corrected chi connectivity index (χ3v) is 4.14. The second-order valence-electron chi connectivity index (χ2n) is 4.71. The van der Waals surface area contributed by atoms with Gasteiger partial charge in [0, 0.05) is 18.3 Å². The number of likely N-dealkylation sites (N-methyl/N-ethyl adjacent to an activating group) is 1. The van der Waals surface area contributed by atoms with Crippen LogP contribution in [-0.2, 0) is 11.3 Å². The van der Waals surface area contributed by atoms with Gasteiger partial charge in [-0.3, -0.25) is 10.1 Å². The van der Waals surface area contributed by atoms with E-state index in [1.54, 1.807) is 18.4 Å². The maximum atomic E-state index is 13.0. The van der Waals surface area contributed by atoms with Crippen LogP contribution in [0.3, 0.4) is 0 Å². The molecule has 1 aliphatic heterocycles. The molecule has 2 rings (SSSR count). The average molecular weight is 274 g/mol. The molecule has 1 N–H and O–H groups in total. The first kappa shape index (κ1) is 13.4. The third kappa shape index (κ3) is 2.87. The maximum absolute atomic E-state index is 13.0. The molecule has 0 aromatic carbocycles. The summed E-state index contributed by atoms with van der Waals surface area (Å²) >= 11 is 1.58. The Balaban J connectivity index is 1.96. The Bertz CT molecular complexity index is 447. The number of alkyl halides is 2. The molecule has 1 fully saturated rings. The van der Waals surface area contributed by atoms with Gasteiger partial charge in [0.15, 0.2) is 0 Å². The van der Waals surface area contributed by atoms with E-state index in [1.807, 2.05) is 18.4 Å². The number of nitrogens with one attached hydrogen (secondary N) is 1. The summed E-state index contributed by atoms with van der Waals surface area (Å²) < 4.78 is 26.1. The number of hydrogen-bond acceptors (Lipinski definition) is 3. The molecule has 0 saturated carbocycles. The molecular formula is C12H16F2N2OS. The number of halogens is 2. The van der Waals surface area contributed by atoms with Gasteiger partial charge in [-0.1, -0.05) is 0 Å². The van der Waals surface area contributed by atoms with Gasteiger partial charge in [-0.25, -0.2) is 8.78 Å². The van der Waals surface area contributed by atoms with Gasteiger partial charge in [0.1, 0.15) is 0 Å². The molecule has 1 saturated heterocycles. The van der Waals surface area contributed by atoms with E-state index in [-0.39, 0.29) is 5.91 Å². The second-order valence-corrected chi connectivity index (χ2v) is 5.72. The zero-order chi connectivity index (χ0) is 13.3. The smallest absolute Gasteiger partial charge is 0.262 e. The lowest BCUT2D eigenvalue weighted by Crippen LogP contribution is -2.41. The van der Waals surface area contributed by atoms with E-state index in [0.717, 1.165) is 10.4 Å². The zero-order valence-corrected chi connectivity index (χ0v) is 11.2. The topological polar surface area (TPSA) is 32.3 Å². The van der Waals surface area contributed by atoms with Crippen molar-refractivity contribution in [3.8, 4) is 0 Å². The molecule has 2 heterocycles. The minimum atomic E-state index is -2.76. The highest BCUT2D eigenvalue weighted by Gasteiger charge is 2.43. The van der Waals surface area contributed by atoms with Crippen LogP contribution in [0.2, 0.25) is 0 Å². The van der Waals surface area contributed by atoms with Crippen molar-refractivity contribution in [1.29, 1.82) is 0 Å². The van der Waals surface area contributed by atoms with Gasteiger partial charge in [-0.2, -0.15) is 0 Å². The van der Waals surface area contributed by atoms with Crippen LogP contribution in [-0.4, -0.2) is 36.4 Å². The summed E-state index contributed by atoms with van der Waals surface area (Å²) in [5.41, 5.74) is 1.13. The first-order chi connectivity index (χ1) is 8.39. The second kappa shape index (κ2) is 4.93. The first-order valence-corrected chi connectivity index (χ1v) is 6.66. The summed E-state index contributed by atoms with van der Waals surface area (Å²) in [7, 11) is 1.65. The molecule has 0 spiro atoms. The fourth-order valence-corrected chi connectivity index (χ4v) is 2.97. The SMILES string of the molecule is Cc1ccsc1CN(C)C(=O)C1CC(F)(F)CN1. The fourth-order valence-electron chi connectivity index (χ4n) is 2.02. The Kier molecular flexibility index (Phi) is 3.68. The van der Waals surface area contributed by atoms with Crippen molar-refractivity contribution < 1.29 is 13.6 Å². The molecule has 1 aliphatic rings. The van der Waals surface area contributed by atoms with Crippen molar-refractivity contribution in [3.63, 3.8) is 0 Å². The molecule has 0 bridgehead atoms. The number of nitrogens with zero attached hydrogens (tertiary/aromatic N) is 1. The lowest BCUT2D eigenvalue weighted by Gasteiger charge is -2.20. The van der Waals surface area contributed by atoms with Crippen molar-refractivity contribution in [1.82, 2.24) is 10.2 Å². The molecule has 6 heteroatoms. The molecule has 0 aliphatic carbocycles. The highest BCUT2D eigenvalue weighted by Crippen LogP contribution is 2.26. The quantitative estimate of drug-likeness (QED) is 0.914. The molecule has 1 aromatic rings. The van der Waals surface area contributed by atoms with Gasteiger partial charge in [-0.05, 0) is 23.9 Å². The van der Waals surface area contributed by atoms with Gasteiger partial charge in [-0.15, -0.1) is 11.3 Å². The van der Waals surface area contributed by atoms with Gasteiger partial charge in [0.2, 0.25) is 5.91 Å². The Morgan fingerprint density at radius 3 is 2.89 bits per heavy atom. The van der Waals surface area contributed by atoms with Crippen LogP contribution in [0.15, 0.2) is 11.4 Å². The molecular weight excluding hydrogens is 258 g/mol. The van der Waals surface area contributed by atoms with Gasteiger partial charge in [0.05, 0.1) is 19.1 Å². The van der Waals surface area contributed by atoms with Crippen LogP contribution in [0.25, 0.3) is 0 Å². The minimum absolute atomic E-state index is 0.264. The predicted molar refractivity (Wildman–Crippen MR) is 66.9 cm³/mol. The van der Waals surface area contributed by atoms with Crippen LogP contribution in [0.5, 0.6) is 0 Å². The lowest BCUT2D eigenvalue weighted by atomic mass is 10.1. The van der Waals surface area contributed by atoms with E-state index in [9.17, 15) is 13.6 Å². The molecule has 1 aromatic heterocycles. The van der Waals surface area contributed by atoms with Crippen LogP contribution in [0.4, 0.5) is 8.78 Å². The number of hydrogen-bond donors (Lipinski definition) is 1. The lowest BCUT2D eigenvalue weighted by molar-refractivity contribution is -0.132. The van der Waals surface area contributed by atoms with E-state index in [1.165, 1.54) is 4.90 Å². The number of thiophene rings is 1. The van der Waals surface area contributed by atoms with Crippen LogP contribution in [0.1, 0.15) is 16.9 Å². The van der Waals surface area contributed by atoms with E-state index in [4.69, 9.17) is 0 Å². The Hall–Kier alpha value is -1.01. The molecule has 1 unspecified atom stereocenters. The number of rotatable bonds is 3. The van der Waals surface area contributed by atoms with Crippen molar-refractivity contribution in [3.05, 3.63) is 21.9 Å². The summed E-state index contributed by atoms with van der Waals surface area (Å²) in [5, 5.41) is 4.55. The van der Waals surface area contributed by atoms with Crippen molar-refractivity contribution >= 4 is 17.2 Å². The summed E-state index contributed by atoms with van der Waals surface area (Å²) in [4.78, 5) is 14.6. The number of carbonyl (C=O) groups is 1. The Labute approximate surface area is 109 Å². The van der Waals surface area contributed by atoms with Gasteiger partial charge in [0.25, 0.3) is 5.92 Å². The van der Waals surface area contributed by atoms with Crippen LogP contribution < -0.4 is 5.32 Å². The minimum Gasteiger partial charge on any atom is -0.339 e. The van der Waals surface area contributed by atoms with Crippen molar-refractivity contribution in [2.75, 3.05) is 13.6 Å². The third-order valence-electron chi connectivity index (χ3n) is 3.13. The summed E-state index contributed by atoms with van der Waals surface area (Å²) in [5.74, 6) is -3.03. The zero-order valence-electron chi connectivity index (χ0n) is 10.4. The molecule has 100 valence electrons. The van der Waals surface area contributed by atoms with E-state index < -0.39 is 24.9 Å². The highest BCUT2D eigenvalue weighted by atomic mass is 32.1. The number of aryl methyl sites for hydroxylation is 1.